The Bertz CT molecular complexity index is 1510. The van der Waals surface area contributed by atoms with E-state index < -0.39 is 17.2 Å². The maximum Gasteiger partial charge on any atom is 0.354 e. The Morgan fingerprint density at radius 2 is 1.36 bits per heavy atom. The number of nitrogens with zero attached hydrogens (tertiary/aromatic N) is 6. The third-order valence-electron chi connectivity index (χ3n) is 5.00. The van der Waals surface area contributed by atoms with Crippen LogP contribution in [0.3, 0.4) is 0 Å². The van der Waals surface area contributed by atoms with E-state index in [0.29, 0.717) is 0 Å². The molecule has 0 unspecified atom stereocenters. The minimum absolute atomic E-state index is 0.00372. The number of rotatable bonds is 6. The lowest BCUT2D eigenvalue weighted by Crippen LogP contribution is -2.26. The molecule has 0 aliphatic carbocycles. The van der Waals surface area contributed by atoms with E-state index in [1.807, 2.05) is 0 Å². The van der Waals surface area contributed by atoms with E-state index in [1.165, 1.54) is 57.2 Å². The van der Waals surface area contributed by atoms with Crippen molar-refractivity contribution >= 4 is 29.5 Å². The normalized spacial score (nSPS) is 11.4. The summed E-state index contributed by atoms with van der Waals surface area (Å²) >= 11 is 0. The molecule has 1 aromatic carbocycles. The van der Waals surface area contributed by atoms with Crippen molar-refractivity contribution in [2.75, 3.05) is 31.4 Å². The second-order valence-corrected chi connectivity index (χ2v) is 7.23. The number of aromatic nitrogens is 6. The van der Waals surface area contributed by atoms with Gasteiger partial charge in [-0.15, -0.1) is 0 Å². The summed E-state index contributed by atoms with van der Waals surface area (Å²) in [6.07, 6.45) is 6.28. The van der Waals surface area contributed by atoms with Crippen LogP contribution in [0.5, 0.6) is 11.5 Å². The van der Waals surface area contributed by atoms with E-state index in [1.54, 1.807) is 0 Å². The lowest BCUT2D eigenvalue weighted by atomic mass is 10.0. The third kappa shape index (κ3) is 4.42. The van der Waals surface area contributed by atoms with Gasteiger partial charge in [0.25, 0.3) is 0 Å². The first-order valence-electron chi connectivity index (χ1n) is 10.2. The van der Waals surface area contributed by atoms with Gasteiger partial charge in [0.15, 0.2) is 0 Å². The van der Waals surface area contributed by atoms with Gasteiger partial charge in [-0.2, -0.15) is 9.97 Å². The molecular weight excluding hydrogens is 473 g/mol. The standard InChI is InChI=1S/C22H20FN9O4/c1-35-13-8-14(36-2)19(32-6-4-16(25)30-22(32)34)17(12(23)7-11-9-27-20(26)28-10-11)18(13)31-5-3-15(24)29-21(31)33/h3-10H,1-2H3,(H2,24,29,33)(H2,25,30,34)(H2,26,27,28)/b12-7-. The highest BCUT2D eigenvalue weighted by Gasteiger charge is 2.27. The summed E-state index contributed by atoms with van der Waals surface area (Å²) in [5, 5.41) is 0. The summed E-state index contributed by atoms with van der Waals surface area (Å²) in [4.78, 5) is 40.7. The summed E-state index contributed by atoms with van der Waals surface area (Å²) in [5.41, 5.74) is 15.0. The molecule has 0 spiro atoms. The van der Waals surface area contributed by atoms with Crippen molar-refractivity contribution in [2.24, 2.45) is 0 Å². The van der Waals surface area contributed by atoms with Crippen LogP contribution >= 0.6 is 0 Å². The molecule has 3 aromatic heterocycles. The molecule has 0 amide bonds. The van der Waals surface area contributed by atoms with E-state index in [0.717, 1.165) is 15.2 Å². The second kappa shape index (κ2) is 9.54. The Morgan fingerprint density at radius 3 is 1.78 bits per heavy atom. The fourth-order valence-electron chi connectivity index (χ4n) is 3.44. The van der Waals surface area contributed by atoms with Gasteiger partial charge in [-0.1, -0.05) is 0 Å². The van der Waals surface area contributed by atoms with Crippen LogP contribution in [0.2, 0.25) is 0 Å². The minimum Gasteiger partial charge on any atom is -0.494 e. The van der Waals surface area contributed by atoms with E-state index in [9.17, 15) is 9.59 Å². The molecule has 0 saturated carbocycles. The molecule has 0 aliphatic rings. The molecule has 14 heteroatoms. The lowest BCUT2D eigenvalue weighted by molar-refractivity contribution is 0.391. The SMILES string of the molecule is COc1cc(OC)c(-n2ccc(N)nc2=O)c(/C(F)=C/c2cnc(N)nc2)c1-n1ccc(N)nc1=O. The van der Waals surface area contributed by atoms with Gasteiger partial charge in [-0.3, -0.25) is 9.13 Å². The molecule has 0 bridgehead atoms. The van der Waals surface area contributed by atoms with Crippen molar-refractivity contribution in [1.29, 1.82) is 0 Å². The van der Waals surface area contributed by atoms with Crippen molar-refractivity contribution in [2.45, 2.75) is 0 Å². The number of nitrogens with two attached hydrogens (primary N) is 3. The van der Waals surface area contributed by atoms with Crippen molar-refractivity contribution in [3.8, 4) is 22.9 Å². The number of ether oxygens (including phenoxy) is 2. The number of benzene rings is 1. The topological polar surface area (TPSA) is 192 Å². The molecule has 4 aromatic rings. The number of hydrogen-bond donors (Lipinski definition) is 3. The van der Waals surface area contributed by atoms with Gasteiger partial charge in [0.1, 0.15) is 40.3 Å². The van der Waals surface area contributed by atoms with Gasteiger partial charge in [0, 0.05) is 36.4 Å². The van der Waals surface area contributed by atoms with E-state index in [4.69, 9.17) is 26.7 Å². The van der Waals surface area contributed by atoms with Crippen molar-refractivity contribution < 1.29 is 13.9 Å². The van der Waals surface area contributed by atoms with Crippen LogP contribution in [0, 0.1) is 0 Å². The molecule has 0 saturated heterocycles. The number of anilines is 3. The molecule has 13 nitrogen and oxygen atoms in total. The summed E-state index contributed by atoms with van der Waals surface area (Å²) in [7, 11) is 2.65. The highest BCUT2D eigenvalue weighted by atomic mass is 19.1. The van der Waals surface area contributed by atoms with Crippen molar-refractivity contribution in [1.82, 2.24) is 29.1 Å². The average Bonchev–Trinajstić information content (AvgIpc) is 2.84. The molecule has 36 heavy (non-hydrogen) atoms. The first-order valence-corrected chi connectivity index (χ1v) is 10.2. The number of methoxy groups -OCH3 is 2. The highest BCUT2D eigenvalue weighted by molar-refractivity contribution is 5.88. The minimum atomic E-state index is -0.905. The molecule has 4 rings (SSSR count). The molecule has 0 aliphatic heterocycles. The van der Waals surface area contributed by atoms with Crippen LogP contribution in [-0.2, 0) is 0 Å². The Morgan fingerprint density at radius 1 is 0.889 bits per heavy atom. The maximum atomic E-state index is 16.2. The van der Waals surface area contributed by atoms with Crippen LogP contribution < -0.4 is 38.1 Å². The summed E-state index contributed by atoms with van der Waals surface area (Å²) in [5.74, 6) is -0.923. The number of hydrogen-bond acceptors (Lipinski definition) is 11. The monoisotopic (exact) mass is 493 g/mol. The van der Waals surface area contributed by atoms with Crippen LogP contribution in [0.25, 0.3) is 23.3 Å². The predicted octanol–water partition coefficient (Wildman–Crippen LogP) is 0.800. The lowest BCUT2D eigenvalue weighted by Gasteiger charge is -2.21. The van der Waals surface area contributed by atoms with Gasteiger partial charge in [0.2, 0.25) is 5.95 Å². The molecule has 0 radical (unpaired) electrons. The van der Waals surface area contributed by atoms with Crippen molar-refractivity contribution in [3.05, 3.63) is 75.1 Å². The third-order valence-corrected chi connectivity index (χ3v) is 5.00. The van der Waals surface area contributed by atoms with Crippen LogP contribution in [0.1, 0.15) is 11.1 Å². The van der Waals surface area contributed by atoms with Gasteiger partial charge in [-0.05, 0) is 18.2 Å². The zero-order valence-electron chi connectivity index (χ0n) is 19.0. The van der Waals surface area contributed by atoms with Crippen molar-refractivity contribution in [3.63, 3.8) is 0 Å². The zero-order chi connectivity index (χ0) is 26.0. The van der Waals surface area contributed by atoms with Gasteiger partial charge in [-0.25, -0.2) is 23.9 Å². The van der Waals surface area contributed by atoms with Crippen LogP contribution in [0.4, 0.5) is 22.0 Å². The van der Waals surface area contributed by atoms with Gasteiger partial charge >= 0.3 is 11.4 Å². The Labute approximate surface area is 202 Å². The maximum absolute atomic E-state index is 16.2. The summed E-state index contributed by atoms with van der Waals surface area (Å²) < 4.78 is 29.2. The molecule has 6 N–H and O–H groups in total. The highest BCUT2D eigenvalue weighted by Crippen LogP contribution is 2.42. The number of nitrogen functional groups attached to an aromatic ring is 3. The first kappa shape index (κ1) is 23.9. The molecular formula is C22H20FN9O4. The molecule has 184 valence electrons. The number of halogens is 1. The first-order chi connectivity index (χ1) is 17.2. The Kier molecular flexibility index (Phi) is 6.32. The molecule has 0 atom stereocenters. The van der Waals surface area contributed by atoms with E-state index in [2.05, 4.69) is 19.9 Å². The van der Waals surface area contributed by atoms with Crippen LogP contribution in [0.15, 0.2) is 52.6 Å². The fourth-order valence-corrected chi connectivity index (χ4v) is 3.44. The van der Waals surface area contributed by atoms with E-state index >= 15 is 4.39 Å². The van der Waals surface area contributed by atoms with E-state index in [-0.39, 0.29) is 51.6 Å². The average molecular weight is 493 g/mol. The summed E-state index contributed by atoms with van der Waals surface area (Å²) in [6, 6.07) is 4.08. The Balaban J connectivity index is 2.18. The van der Waals surface area contributed by atoms with Gasteiger partial charge in [0.05, 0.1) is 19.8 Å². The Hall–Kier alpha value is -5.27. The molecule has 3 heterocycles. The summed E-state index contributed by atoms with van der Waals surface area (Å²) in [6.45, 7) is 0. The fraction of sp³-hybridized carbons (Fsp3) is 0.0909. The predicted molar refractivity (Wildman–Crippen MR) is 131 cm³/mol. The second-order valence-electron chi connectivity index (χ2n) is 7.23. The quantitative estimate of drug-likeness (QED) is 0.344. The van der Waals surface area contributed by atoms with Gasteiger partial charge < -0.3 is 26.7 Å². The largest absolute Gasteiger partial charge is 0.494 e. The smallest absolute Gasteiger partial charge is 0.354 e. The van der Waals surface area contributed by atoms with Crippen LogP contribution in [-0.4, -0.2) is 43.3 Å². The molecule has 0 fully saturated rings. The zero-order valence-corrected chi connectivity index (χ0v) is 19.0.